The minimum absolute atomic E-state index is 0.0684. The maximum atomic E-state index is 14.7. The minimum Gasteiger partial charge on any atom is -0.486 e. The first-order valence-electron chi connectivity index (χ1n) is 9.14. The lowest BCUT2D eigenvalue weighted by atomic mass is 9.96. The second kappa shape index (κ2) is 8.93. The summed E-state index contributed by atoms with van der Waals surface area (Å²) in [7, 11) is 1.95. The fourth-order valence-corrected chi connectivity index (χ4v) is 3.14. The van der Waals surface area contributed by atoms with E-state index in [4.69, 9.17) is 4.74 Å². The Morgan fingerprint density at radius 2 is 1.79 bits per heavy atom. The molecule has 2 aromatic rings. The molecule has 0 atom stereocenters. The van der Waals surface area contributed by atoms with Crippen molar-refractivity contribution in [2.75, 3.05) is 20.1 Å². The van der Waals surface area contributed by atoms with Crippen molar-refractivity contribution in [3.8, 4) is 5.75 Å². The molecule has 0 bridgehead atoms. The molecule has 1 fully saturated rings. The number of rotatable bonds is 5. The lowest BCUT2D eigenvalue weighted by Crippen LogP contribution is -2.41. The van der Waals surface area contributed by atoms with E-state index in [0.717, 1.165) is 30.8 Å². The van der Waals surface area contributed by atoms with Crippen LogP contribution >= 0.6 is 0 Å². The molecule has 2 aromatic carbocycles. The van der Waals surface area contributed by atoms with Crippen LogP contribution < -0.4 is 10.1 Å². The summed E-state index contributed by atoms with van der Waals surface area (Å²) in [5.41, 5.74) is -0.0125. The molecule has 0 aliphatic carbocycles. The third kappa shape index (κ3) is 4.72. The SMILES string of the molecule is CN1CCC(C(=O)NC(=O)c2c(F)ccc(OCc3ccccc3)c2F)CC1. The molecule has 0 spiro atoms. The zero-order valence-electron chi connectivity index (χ0n) is 15.6. The van der Waals surface area contributed by atoms with E-state index in [9.17, 15) is 18.4 Å². The predicted octanol–water partition coefficient (Wildman–Crippen LogP) is 3.14. The van der Waals surface area contributed by atoms with Crippen LogP contribution in [0.3, 0.4) is 0 Å². The van der Waals surface area contributed by atoms with Gasteiger partial charge in [-0.2, -0.15) is 0 Å². The van der Waals surface area contributed by atoms with Crippen LogP contribution in [0.2, 0.25) is 0 Å². The Morgan fingerprint density at radius 3 is 2.46 bits per heavy atom. The van der Waals surface area contributed by atoms with Gasteiger partial charge in [-0.1, -0.05) is 30.3 Å². The van der Waals surface area contributed by atoms with E-state index in [1.807, 2.05) is 25.2 Å². The molecule has 3 rings (SSSR count). The number of amides is 2. The lowest BCUT2D eigenvalue weighted by molar-refractivity contribution is -0.125. The molecule has 1 heterocycles. The molecule has 0 unspecified atom stereocenters. The van der Waals surface area contributed by atoms with Gasteiger partial charge in [0.15, 0.2) is 11.6 Å². The van der Waals surface area contributed by atoms with Crippen molar-refractivity contribution in [1.82, 2.24) is 10.2 Å². The van der Waals surface area contributed by atoms with E-state index >= 15 is 0 Å². The summed E-state index contributed by atoms with van der Waals surface area (Å²) in [4.78, 5) is 26.7. The Morgan fingerprint density at radius 1 is 1.11 bits per heavy atom. The number of ether oxygens (including phenoxy) is 1. The van der Waals surface area contributed by atoms with Crippen molar-refractivity contribution in [2.24, 2.45) is 5.92 Å². The monoisotopic (exact) mass is 388 g/mol. The highest BCUT2D eigenvalue weighted by molar-refractivity contribution is 6.05. The number of hydrogen-bond acceptors (Lipinski definition) is 4. The average molecular weight is 388 g/mol. The largest absolute Gasteiger partial charge is 0.486 e. The summed E-state index contributed by atoms with van der Waals surface area (Å²) in [6.07, 6.45) is 1.20. The molecular weight excluding hydrogens is 366 g/mol. The van der Waals surface area contributed by atoms with E-state index in [1.54, 1.807) is 12.1 Å². The van der Waals surface area contributed by atoms with Gasteiger partial charge in [-0.25, -0.2) is 8.78 Å². The number of halogens is 2. The molecule has 1 aliphatic heterocycles. The van der Waals surface area contributed by atoms with Crippen molar-refractivity contribution in [1.29, 1.82) is 0 Å². The first-order valence-corrected chi connectivity index (χ1v) is 9.14. The molecule has 28 heavy (non-hydrogen) atoms. The third-order valence-corrected chi connectivity index (χ3v) is 4.85. The first kappa shape index (κ1) is 19.9. The molecule has 148 valence electrons. The van der Waals surface area contributed by atoms with Gasteiger partial charge in [0.1, 0.15) is 18.0 Å². The zero-order valence-corrected chi connectivity index (χ0v) is 15.6. The van der Waals surface area contributed by atoms with Crippen molar-refractivity contribution < 1.29 is 23.1 Å². The van der Waals surface area contributed by atoms with Crippen molar-refractivity contribution in [3.63, 3.8) is 0 Å². The smallest absolute Gasteiger partial charge is 0.263 e. The second-order valence-electron chi connectivity index (χ2n) is 6.90. The topological polar surface area (TPSA) is 58.6 Å². The maximum Gasteiger partial charge on any atom is 0.263 e. The molecular formula is C21H22F2N2O3. The molecule has 7 heteroatoms. The summed E-state index contributed by atoms with van der Waals surface area (Å²) in [6, 6.07) is 11.2. The van der Waals surface area contributed by atoms with Crippen LogP contribution in [0.4, 0.5) is 8.78 Å². The Labute approximate surface area is 162 Å². The number of carbonyl (C=O) groups excluding carboxylic acids is 2. The number of hydrogen-bond donors (Lipinski definition) is 1. The highest BCUT2D eigenvalue weighted by Crippen LogP contribution is 2.25. The van der Waals surface area contributed by atoms with Crippen LogP contribution in [0, 0.1) is 17.6 Å². The summed E-state index contributed by atoms with van der Waals surface area (Å²) in [5.74, 6) is -4.36. The Bertz CT molecular complexity index is 850. The van der Waals surface area contributed by atoms with Crippen molar-refractivity contribution in [2.45, 2.75) is 19.4 Å². The van der Waals surface area contributed by atoms with Gasteiger partial charge in [0, 0.05) is 5.92 Å². The van der Waals surface area contributed by atoms with E-state index in [2.05, 4.69) is 10.2 Å². The molecule has 0 saturated carbocycles. The number of imide groups is 1. The van der Waals surface area contributed by atoms with Crippen molar-refractivity contribution in [3.05, 3.63) is 65.2 Å². The molecule has 5 nitrogen and oxygen atoms in total. The summed E-state index contributed by atoms with van der Waals surface area (Å²) in [6.45, 7) is 1.54. The third-order valence-electron chi connectivity index (χ3n) is 4.85. The van der Waals surface area contributed by atoms with E-state index in [-0.39, 0.29) is 18.3 Å². The van der Waals surface area contributed by atoms with Crippen molar-refractivity contribution >= 4 is 11.8 Å². The zero-order chi connectivity index (χ0) is 20.1. The number of benzene rings is 2. The van der Waals surface area contributed by atoms with Gasteiger partial charge in [-0.15, -0.1) is 0 Å². The minimum atomic E-state index is -1.12. The van der Waals surface area contributed by atoms with E-state index in [0.29, 0.717) is 12.8 Å². The van der Waals surface area contributed by atoms with Crippen LogP contribution in [0.25, 0.3) is 0 Å². The molecule has 1 aliphatic rings. The van der Waals surface area contributed by atoms with E-state index < -0.39 is 29.0 Å². The van der Waals surface area contributed by atoms with Gasteiger partial charge in [-0.05, 0) is 50.7 Å². The van der Waals surface area contributed by atoms with Gasteiger partial charge in [0.2, 0.25) is 5.91 Å². The van der Waals surface area contributed by atoms with E-state index in [1.165, 1.54) is 0 Å². The molecule has 0 radical (unpaired) electrons. The summed E-state index contributed by atoms with van der Waals surface area (Å²) >= 11 is 0. The van der Waals surface area contributed by atoms with Crippen LogP contribution in [-0.2, 0) is 11.4 Å². The van der Waals surface area contributed by atoms with Crippen LogP contribution in [0.5, 0.6) is 5.75 Å². The predicted molar refractivity (Wildman–Crippen MR) is 99.8 cm³/mol. The number of piperidine rings is 1. The maximum absolute atomic E-state index is 14.7. The lowest BCUT2D eigenvalue weighted by Gasteiger charge is -2.27. The summed E-state index contributed by atoms with van der Waals surface area (Å²) in [5, 5.41) is 2.13. The standard InChI is InChI=1S/C21H22F2N2O3/c1-25-11-9-15(10-12-25)20(26)24-21(27)18-16(22)7-8-17(19(18)23)28-13-14-5-3-2-4-6-14/h2-8,15H,9-13H2,1H3,(H,24,26,27). The number of nitrogens with one attached hydrogen (secondary N) is 1. The normalized spacial score (nSPS) is 15.2. The first-order chi connectivity index (χ1) is 13.5. The van der Waals surface area contributed by atoms with Crippen LogP contribution in [-0.4, -0.2) is 36.9 Å². The quantitative estimate of drug-likeness (QED) is 0.800. The number of nitrogens with zero attached hydrogens (tertiary/aromatic N) is 1. The van der Waals surface area contributed by atoms with Gasteiger partial charge in [0.05, 0.1) is 0 Å². The number of likely N-dealkylation sites (tertiary alicyclic amines) is 1. The Kier molecular flexibility index (Phi) is 6.36. The summed E-state index contributed by atoms with van der Waals surface area (Å²) < 4.78 is 34.2. The molecule has 2 amide bonds. The highest BCUT2D eigenvalue weighted by atomic mass is 19.1. The highest BCUT2D eigenvalue weighted by Gasteiger charge is 2.28. The van der Waals surface area contributed by atoms with Gasteiger partial charge in [-0.3, -0.25) is 14.9 Å². The number of carbonyl (C=O) groups is 2. The van der Waals surface area contributed by atoms with Gasteiger partial charge in [0.25, 0.3) is 5.91 Å². The molecule has 1 saturated heterocycles. The Hall–Kier alpha value is -2.80. The van der Waals surface area contributed by atoms with Gasteiger partial charge < -0.3 is 9.64 Å². The second-order valence-corrected chi connectivity index (χ2v) is 6.90. The van der Waals surface area contributed by atoms with Crippen LogP contribution in [0.1, 0.15) is 28.8 Å². The van der Waals surface area contributed by atoms with Crippen LogP contribution in [0.15, 0.2) is 42.5 Å². The Balaban J connectivity index is 1.70. The molecule has 0 aromatic heterocycles. The van der Waals surface area contributed by atoms with Gasteiger partial charge >= 0.3 is 0 Å². The fraction of sp³-hybridized carbons (Fsp3) is 0.333. The average Bonchev–Trinajstić information content (AvgIpc) is 2.68. The molecule has 1 N–H and O–H groups in total. The fourth-order valence-electron chi connectivity index (χ4n) is 3.14.